The van der Waals surface area contributed by atoms with Gasteiger partial charge in [-0.3, -0.25) is 0 Å². The number of rotatable bonds is 5. The fraction of sp³-hybridized carbons (Fsp3) is 0.528. The van der Waals surface area contributed by atoms with E-state index in [4.69, 9.17) is 23.4 Å². The third-order valence-corrected chi connectivity index (χ3v) is 7.63. The van der Waals surface area contributed by atoms with E-state index in [2.05, 4.69) is 15.2 Å². The number of amides is 2. The summed E-state index contributed by atoms with van der Waals surface area (Å²) in [5.74, 6) is -3.43. The predicted molar refractivity (Wildman–Crippen MR) is 179 cm³/mol. The lowest BCUT2D eigenvalue weighted by Gasteiger charge is -2.32. The van der Waals surface area contributed by atoms with E-state index in [1.807, 2.05) is 0 Å². The topological polar surface area (TPSA) is 126 Å². The summed E-state index contributed by atoms with van der Waals surface area (Å²) >= 11 is 0. The van der Waals surface area contributed by atoms with Crippen LogP contribution in [0, 0.1) is 5.92 Å². The Morgan fingerprint density at radius 3 is 2.06 bits per heavy atom. The molecule has 2 atom stereocenters. The Balaban J connectivity index is 2.07. The Hall–Kier alpha value is -4.67. The maximum atomic E-state index is 15.3. The number of nitrogens with zero attached hydrogens (tertiary/aromatic N) is 4. The molecule has 17 heteroatoms. The van der Waals surface area contributed by atoms with Crippen LogP contribution < -0.4 is 9.64 Å². The number of hydrogen-bond donors (Lipinski definition) is 0. The van der Waals surface area contributed by atoms with Gasteiger partial charge in [0.15, 0.2) is 5.69 Å². The summed E-state index contributed by atoms with van der Waals surface area (Å²) in [6, 6.07) is 8.39. The maximum absolute atomic E-state index is 15.3. The number of aromatic nitrogens is 3. The van der Waals surface area contributed by atoms with Crippen molar-refractivity contribution in [2.75, 3.05) is 4.90 Å². The first-order chi connectivity index (χ1) is 24.4. The van der Waals surface area contributed by atoms with Crippen LogP contribution in [0.3, 0.4) is 0 Å². The zero-order valence-electron chi connectivity index (χ0n) is 30.5. The molecule has 53 heavy (non-hydrogen) atoms. The van der Waals surface area contributed by atoms with Crippen LogP contribution in [0.2, 0.25) is 0 Å². The fourth-order valence-corrected chi connectivity index (χ4v) is 5.08. The molecule has 3 aromatic rings. The minimum Gasteiger partial charge on any atom is -0.473 e. The fourth-order valence-electron chi connectivity index (χ4n) is 5.08. The van der Waals surface area contributed by atoms with E-state index in [0.29, 0.717) is 11.6 Å². The van der Waals surface area contributed by atoms with Crippen molar-refractivity contribution in [2.24, 2.45) is 5.92 Å². The second-order valence-corrected chi connectivity index (χ2v) is 14.7. The van der Waals surface area contributed by atoms with Gasteiger partial charge >= 0.3 is 24.5 Å². The molecule has 11 nitrogen and oxygen atoms in total. The van der Waals surface area contributed by atoms with Gasteiger partial charge in [-0.05, 0) is 71.9 Å². The van der Waals surface area contributed by atoms with Crippen molar-refractivity contribution >= 4 is 17.9 Å². The maximum Gasteiger partial charge on any atom is 0.426 e. The number of ether oxygens (including phenoxy) is 4. The molecule has 0 saturated heterocycles. The van der Waals surface area contributed by atoms with Gasteiger partial charge in [0.1, 0.15) is 22.9 Å². The summed E-state index contributed by atoms with van der Waals surface area (Å²) in [7, 11) is 0. The molecule has 0 saturated carbocycles. The Kier molecular flexibility index (Phi) is 11.9. The third kappa shape index (κ3) is 10.1. The quantitative estimate of drug-likeness (QED) is 0.183. The van der Waals surface area contributed by atoms with Gasteiger partial charge in [0.2, 0.25) is 11.5 Å². The number of alkyl halides is 6. The number of hydrogen-bond acceptors (Lipinski definition) is 10. The van der Waals surface area contributed by atoms with E-state index in [1.165, 1.54) is 53.7 Å². The van der Waals surface area contributed by atoms with Crippen LogP contribution in [0.4, 0.5) is 41.6 Å². The van der Waals surface area contributed by atoms with E-state index in [-0.39, 0.29) is 17.7 Å². The molecule has 0 spiro atoms. The molecule has 1 aliphatic rings. The van der Waals surface area contributed by atoms with Gasteiger partial charge in [0.05, 0.1) is 12.3 Å². The molecule has 290 valence electrons. The molecule has 0 aliphatic carbocycles. The van der Waals surface area contributed by atoms with Crippen LogP contribution >= 0.6 is 0 Å². The molecule has 2 amide bonds. The van der Waals surface area contributed by atoms with Crippen molar-refractivity contribution < 1.29 is 59.3 Å². The van der Waals surface area contributed by atoms with Crippen molar-refractivity contribution in [3.8, 4) is 17.5 Å². The molecule has 0 fully saturated rings. The van der Waals surface area contributed by atoms with Gasteiger partial charge in [0, 0.05) is 6.42 Å². The Morgan fingerprint density at radius 2 is 1.53 bits per heavy atom. The standard InChI is InChI=1S/C36H42F6N4O7/c1-21(2)25-17-13-10-14-18-34(36(40,41)42,49-20-22-15-11-9-12-16-22)29-45-44-28(51-29)26-24(19-23(35(37,38)39)27(43-26)50-25)46(30(47)52-32(3,4)5)31(48)53-33(6,7)8/h9-13,15-16,19,21,25H,14,17-18,20H2,1-8H3/b13-10-/t25?,34-/m1/s1. The number of halogens is 6. The molecule has 4 bridgehead atoms. The monoisotopic (exact) mass is 756 g/mol. The number of benzene rings is 1. The molecule has 4 rings (SSSR count). The summed E-state index contributed by atoms with van der Waals surface area (Å²) in [4.78, 5) is 31.5. The smallest absolute Gasteiger partial charge is 0.426 e. The number of imide groups is 1. The molecular formula is C36H42F6N4O7. The highest BCUT2D eigenvalue weighted by molar-refractivity contribution is 6.11. The molecule has 0 radical (unpaired) electrons. The average Bonchev–Trinajstić information content (AvgIpc) is 3.49. The van der Waals surface area contributed by atoms with Gasteiger partial charge < -0.3 is 23.4 Å². The summed E-state index contributed by atoms with van der Waals surface area (Å²) < 4.78 is 118. The number of carbonyl (C=O) groups excluding carboxylic acids is 2. The molecule has 1 unspecified atom stereocenters. The number of anilines is 1. The van der Waals surface area contributed by atoms with Crippen LogP contribution in [-0.4, -0.2) is 50.9 Å². The van der Waals surface area contributed by atoms with Crippen LogP contribution in [0.25, 0.3) is 11.6 Å². The lowest BCUT2D eigenvalue weighted by molar-refractivity contribution is -0.299. The van der Waals surface area contributed by atoms with Crippen molar-refractivity contribution in [1.82, 2.24) is 15.2 Å². The van der Waals surface area contributed by atoms with Crippen LogP contribution in [0.15, 0.2) is 53.0 Å². The second-order valence-electron chi connectivity index (χ2n) is 14.7. The first-order valence-corrected chi connectivity index (χ1v) is 16.7. The molecule has 3 heterocycles. The van der Waals surface area contributed by atoms with Crippen molar-refractivity contribution in [3.63, 3.8) is 0 Å². The lowest BCUT2D eigenvalue weighted by Crippen LogP contribution is -2.45. The normalized spacial score (nSPS) is 19.2. The predicted octanol–water partition coefficient (Wildman–Crippen LogP) is 9.94. The van der Waals surface area contributed by atoms with E-state index in [0.717, 1.165) is 0 Å². The van der Waals surface area contributed by atoms with Crippen LogP contribution in [0.1, 0.15) is 91.7 Å². The first kappa shape index (κ1) is 41.1. The molecular weight excluding hydrogens is 714 g/mol. The molecule has 2 aromatic heterocycles. The highest BCUT2D eigenvalue weighted by atomic mass is 19.4. The highest BCUT2D eigenvalue weighted by Gasteiger charge is 2.61. The Labute approximate surface area is 302 Å². The average molecular weight is 757 g/mol. The molecule has 1 aliphatic heterocycles. The summed E-state index contributed by atoms with van der Waals surface area (Å²) in [6.07, 6.45) is -12.4. The van der Waals surface area contributed by atoms with Crippen LogP contribution in [-0.2, 0) is 32.6 Å². The minimum atomic E-state index is -5.19. The van der Waals surface area contributed by atoms with Gasteiger partial charge in [-0.2, -0.15) is 31.2 Å². The second kappa shape index (κ2) is 15.4. The number of allylic oxidation sites excluding steroid dienone is 1. The zero-order valence-corrected chi connectivity index (χ0v) is 30.5. The largest absolute Gasteiger partial charge is 0.473 e. The lowest BCUT2D eigenvalue weighted by atomic mass is 9.95. The van der Waals surface area contributed by atoms with E-state index < -0.39 is 101 Å². The minimum absolute atomic E-state index is 0.0159. The van der Waals surface area contributed by atoms with Crippen molar-refractivity contribution in [1.29, 1.82) is 0 Å². The van der Waals surface area contributed by atoms with Gasteiger partial charge in [-0.1, -0.05) is 56.3 Å². The summed E-state index contributed by atoms with van der Waals surface area (Å²) in [6.45, 7) is 11.5. The van der Waals surface area contributed by atoms with E-state index in [9.17, 15) is 22.8 Å². The SMILES string of the molecule is CC(C)C1C/C=C\CC[C@](OCc2ccccc2)(C(F)(F)F)c2nnc(o2)-c2nc(c(C(F)(F)F)cc2N(C(=O)OC(C)(C)C)C(=O)OC(C)(C)C)O1. The number of fused-ring (bicyclic) bond motifs is 5. The molecule has 1 aromatic carbocycles. The van der Waals surface area contributed by atoms with Crippen molar-refractivity contribution in [3.05, 3.63) is 65.6 Å². The highest BCUT2D eigenvalue weighted by Crippen LogP contribution is 2.48. The number of pyridine rings is 1. The Bertz CT molecular complexity index is 1750. The van der Waals surface area contributed by atoms with Crippen molar-refractivity contribution in [2.45, 2.75) is 117 Å². The number of carbonyl (C=O) groups is 2. The summed E-state index contributed by atoms with van der Waals surface area (Å²) in [5.41, 5.74) is -8.67. The zero-order chi connectivity index (χ0) is 39.6. The third-order valence-electron chi connectivity index (χ3n) is 7.63. The van der Waals surface area contributed by atoms with E-state index in [1.54, 1.807) is 44.2 Å². The van der Waals surface area contributed by atoms with Gasteiger partial charge in [-0.25, -0.2) is 14.6 Å². The van der Waals surface area contributed by atoms with E-state index >= 15 is 13.2 Å². The molecule has 0 N–H and O–H groups in total. The van der Waals surface area contributed by atoms with Crippen LogP contribution in [0.5, 0.6) is 5.88 Å². The summed E-state index contributed by atoms with van der Waals surface area (Å²) in [5, 5.41) is 7.44. The Morgan fingerprint density at radius 1 is 0.925 bits per heavy atom. The van der Waals surface area contributed by atoms with Gasteiger partial charge in [-0.15, -0.1) is 10.2 Å². The first-order valence-electron chi connectivity index (χ1n) is 16.7. The van der Waals surface area contributed by atoms with Gasteiger partial charge in [0.25, 0.3) is 11.8 Å².